The zero-order valence-electron chi connectivity index (χ0n) is 18.4. The first kappa shape index (κ1) is 25.2. The fraction of sp³-hybridized carbons (Fsp3) is 0.348. The van der Waals surface area contributed by atoms with Crippen molar-refractivity contribution in [2.75, 3.05) is 26.4 Å². The molecule has 0 atom stereocenters. The van der Waals surface area contributed by atoms with Crippen LogP contribution in [0, 0.1) is 0 Å². The van der Waals surface area contributed by atoms with Crippen molar-refractivity contribution in [2.45, 2.75) is 27.2 Å². The number of rotatable bonds is 12. The van der Waals surface area contributed by atoms with Gasteiger partial charge in [0.2, 0.25) is 0 Å². The molecule has 32 heavy (non-hydrogen) atoms. The maximum absolute atomic E-state index is 12.3. The molecule has 8 nitrogen and oxygen atoms in total. The van der Waals surface area contributed by atoms with Crippen molar-refractivity contribution in [3.63, 3.8) is 0 Å². The summed E-state index contributed by atoms with van der Waals surface area (Å²) in [6, 6.07) is 10.3. The summed E-state index contributed by atoms with van der Waals surface area (Å²) in [5.41, 5.74) is 3.61. The van der Waals surface area contributed by atoms with Gasteiger partial charge in [0.15, 0.2) is 18.1 Å². The SMILES string of the molecule is CCCOc1ccc(C(=O)N/N=C/c2cc(Br)c(OCC(=O)OCC)c(OCC)c2)cc1. The Labute approximate surface area is 196 Å². The van der Waals surface area contributed by atoms with Gasteiger partial charge in [-0.25, -0.2) is 10.2 Å². The molecule has 0 aliphatic rings. The quantitative estimate of drug-likeness (QED) is 0.261. The Morgan fingerprint density at radius 3 is 2.44 bits per heavy atom. The molecule has 0 radical (unpaired) electrons. The van der Waals surface area contributed by atoms with Gasteiger partial charge >= 0.3 is 5.97 Å². The van der Waals surface area contributed by atoms with Crippen LogP contribution < -0.4 is 19.6 Å². The second kappa shape index (κ2) is 13.4. The average molecular weight is 507 g/mol. The van der Waals surface area contributed by atoms with Crippen LogP contribution in [-0.2, 0) is 9.53 Å². The number of hydrogen-bond acceptors (Lipinski definition) is 7. The van der Waals surface area contributed by atoms with Gasteiger partial charge in [0.05, 0.1) is 30.5 Å². The molecule has 2 aromatic rings. The van der Waals surface area contributed by atoms with Gasteiger partial charge in [-0.3, -0.25) is 4.79 Å². The van der Waals surface area contributed by atoms with Gasteiger partial charge in [-0.1, -0.05) is 6.92 Å². The number of carbonyl (C=O) groups is 2. The largest absolute Gasteiger partial charge is 0.494 e. The van der Waals surface area contributed by atoms with Crippen molar-refractivity contribution in [3.8, 4) is 17.2 Å². The summed E-state index contributed by atoms with van der Waals surface area (Å²) in [5, 5.41) is 4.01. The van der Waals surface area contributed by atoms with Crippen molar-refractivity contribution >= 4 is 34.0 Å². The van der Waals surface area contributed by atoms with E-state index in [9.17, 15) is 9.59 Å². The molecule has 1 N–H and O–H groups in total. The van der Waals surface area contributed by atoms with Crippen LogP contribution >= 0.6 is 15.9 Å². The van der Waals surface area contributed by atoms with Crippen molar-refractivity contribution in [2.24, 2.45) is 5.10 Å². The van der Waals surface area contributed by atoms with E-state index in [1.807, 2.05) is 13.8 Å². The van der Waals surface area contributed by atoms with E-state index in [-0.39, 0.29) is 19.1 Å². The third kappa shape index (κ3) is 7.88. The third-order valence-corrected chi connectivity index (χ3v) is 4.53. The standard InChI is InChI=1S/C23H27BrN2O6/c1-4-11-31-18-9-7-17(8-10-18)23(28)26-25-14-16-12-19(24)22(20(13-16)29-5-2)32-15-21(27)30-6-3/h7-10,12-14H,4-6,11,15H2,1-3H3,(H,26,28)/b25-14+. The minimum Gasteiger partial charge on any atom is -0.494 e. The fourth-order valence-corrected chi connectivity index (χ4v) is 3.13. The summed E-state index contributed by atoms with van der Waals surface area (Å²) in [6.45, 7) is 6.66. The Hall–Kier alpha value is -3.07. The van der Waals surface area contributed by atoms with Crippen molar-refractivity contribution < 1.29 is 28.5 Å². The lowest BCUT2D eigenvalue weighted by atomic mass is 10.2. The van der Waals surface area contributed by atoms with Crippen molar-refractivity contribution in [1.29, 1.82) is 0 Å². The highest BCUT2D eigenvalue weighted by Crippen LogP contribution is 2.36. The molecular formula is C23H27BrN2O6. The highest BCUT2D eigenvalue weighted by Gasteiger charge is 2.14. The zero-order valence-corrected chi connectivity index (χ0v) is 19.9. The zero-order chi connectivity index (χ0) is 23.3. The molecule has 1 amide bonds. The number of hydrogen-bond donors (Lipinski definition) is 1. The summed E-state index contributed by atoms with van der Waals surface area (Å²) in [7, 11) is 0. The van der Waals surface area contributed by atoms with Crippen LogP contribution in [-0.4, -0.2) is 44.5 Å². The van der Waals surface area contributed by atoms with Crippen LogP contribution in [0.1, 0.15) is 43.1 Å². The Morgan fingerprint density at radius 1 is 1.03 bits per heavy atom. The number of nitrogens with zero attached hydrogens (tertiary/aromatic N) is 1. The second-order valence-electron chi connectivity index (χ2n) is 6.43. The van der Waals surface area contributed by atoms with Gasteiger partial charge in [-0.05, 0) is 78.2 Å². The number of halogens is 1. The van der Waals surface area contributed by atoms with E-state index in [4.69, 9.17) is 18.9 Å². The number of ether oxygens (including phenoxy) is 4. The molecule has 0 spiro atoms. The molecule has 0 unspecified atom stereocenters. The molecule has 0 saturated carbocycles. The topological polar surface area (TPSA) is 95.5 Å². The van der Waals surface area contributed by atoms with Gasteiger partial charge < -0.3 is 18.9 Å². The average Bonchev–Trinajstić information content (AvgIpc) is 2.78. The smallest absolute Gasteiger partial charge is 0.344 e. The maximum atomic E-state index is 12.3. The number of benzene rings is 2. The van der Waals surface area contributed by atoms with Gasteiger partial charge in [0, 0.05) is 5.56 Å². The Balaban J connectivity index is 2.04. The first-order valence-electron chi connectivity index (χ1n) is 10.3. The Morgan fingerprint density at radius 2 is 1.78 bits per heavy atom. The number of amides is 1. The normalized spacial score (nSPS) is 10.6. The van der Waals surface area contributed by atoms with E-state index in [1.165, 1.54) is 6.21 Å². The highest BCUT2D eigenvalue weighted by atomic mass is 79.9. The van der Waals surface area contributed by atoms with E-state index < -0.39 is 5.97 Å². The van der Waals surface area contributed by atoms with E-state index >= 15 is 0 Å². The van der Waals surface area contributed by atoms with E-state index in [1.54, 1.807) is 43.3 Å². The monoisotopic (exact) mass is 506 g/mol. The molecule has 2 rings (SSSR count). The van der Waals surface area contributed by atoms with Crippen LogP contribution in [0.4, 0.5) is 0 Å². The van der Waals surface area contributed by atoms with E-state index in [0.29, 0.717) is 46.1 Å². The van der Waals surface area contributed by atoms with Crippen LogP contribution in [0.15, 0.2) is 46.0 Å². The highest BCUT2D eigenvalue weighted by molar-refractivity contribution is 9.10. The maximum Gasteiger partial charge on any atom is 0.344 e. The number of carbonyl (C=O) groups excluding carboxylic acids is 2. The molecule has 0 heterocycles. The molecule has 0 aromatic heterocycles. The molecule has 2 aromatic carbocycles. The van der Waals surface area contributed by atoms with Crippen molar-refractivity contribution in [3.05, 3.63) is 52.0 Å². The van der Waals surface area contributed by atoms with Crippen LogP contribution in [0.2, 0.25) is 0 Å². The molecule has 172 valence electrons. The predicted molar refractivity (Wildman–Crippen MR) is 125 cm³/mol. The minimum atomic E-state index is -0.472. The van der Waals surface area contributed by atoms with E-state index in [0.717, 1.165) is 6.42 Å². The fourth-order valence-electron chi connectivity index (χ4n) is 2.55. The van der Waals surface area contributed by atoms with Crippen LogP contribution in [0.5, 0.6) is 17.2 Å². The molecule has 0 bridgehead atoms. The van der Waals surface area contributed by atoms with Crippen LogP contribution in [0.3, 0.4) is 0 Å². The third-order valence-electron chi connectivity index (χ3n) is 3.94. The first-order valence-corrected chi connectivity index (χ1v) is 11.1. The number of nitrogens with one attached hydrogen (secondary N) is 1. The Bertz CT molecular complexity index is 931. The van der Waals surface area contributed by atoms with Crippen molar-refractivity contribution in [1.82, 2.24) is 5.43 Å². The van der Waals surface area contributed by atoms with Gasteiger partial charge in [0.1, 0.15) is 5.75 Å². The van der Waals surface area contributed by atoms with Gasteiger partial charge in [0.25, 0.3) is 5.91 Å². The lowest BCUT2D eigenvalue weighted by molar-refractivity contribution is -0.145. The lowest BCUT2D eigenvalue weighted by Crippen LogP contribution is -2.17. The summed E-state index contributed by atoms with van der Waals surface area (Å²) >= 11 is 3.42. The van der Waals surface area contributed by atoms with E-state index in [2.05, 4.69) is 26.5 Å². The second-order valence-corrected chi connectivity index (χ2v) is 7.28. The molecule has 0 fully saturated rings. The summed E-state index contributed by atoms with van der Waals surface area (Å²) in [6.07, 6.45) is 2.40. The summed E-state index contributed by atoms with van der Waals surface area (Å²) < 4.78 is 22.1. The molecule has 0 aliphatic heterocycles. The summed E-state index contributed by atoms with van der Waals surface area (Å²) in [5.74, 6) is 0.709. The minimum absolute atomic E-state index is 0.238. The Kier molecular flexibility index (Phi) is 10.5. The van der Waals surface area contributed by atoms with Gasteiger partial charge in [-0.2, -0.15) is 5.10 Å². The molecule has 9 heteroatoms. The molecule has 0 aliphatic carbocycles. The number of esters is 1. The first-order chi connectivity index (χ1) is 15.5. The summed E-state index contributed by atoms with van der Waals surface area (Å²) in [4.78, 5) is 23.9. The molecular weight excluding hydrogens is 480 g/mol. The van der Waals surface area contributed by atoms with Crippen LogP contribution in [0.25, 0.3) is 0 Å². The lowest BCUT2D eigenvalue weighted by Gasteiger charge is -2.14. The van der Waals surface area contributed by atoms with Gasteiger partial charge in [-0.15, -0.1) is 0 Å². The number of hydrazone groups is 1. The predicted octanol–water partition coefficient (Wildman–Crippen LogP) is 4.34. The molecule has 0 saturated heterocycles.